The van der Waals surface area contributed by atoms with Crippen LogP contribution in [0.25, 0.3) is 22.3 Å². The summed E-state index contributed by atoms with van der Waals surface area (Å²) in [5.74, 6) is 1.93. The molecular formula is C20H25N5O3. The Morgan fingerprint density at radius 2 is 2.21 bits per heavy atom. The number of ether oxygens (including phenoxy) is 2. The van der Waals surface area contributed by atoms with E-state index in [0.29, 0.717) is 12.5 Å². The second-order valence-electron chi connectivity index (χ2n) is 7.21. The van der Waals surface area contributed by atoms with Crippen LogP contribution in [0.2, 0.25) is 0 Å². The number of aliphatic hydroxyl groups is 1. The van der Waals surface area contributed by atoms with Gasteiger partial charge in [-0.05, 0) is 31.5 Å². The molecule has 0 unspecified atom stereocenters. The number of hydrogen-bond donors (Lipinski definition) is 2. The first kappa shape index (κ1) is 18.6. The van der Waals surface area contributed by atoms with E-state index in [4.69, 9.17) is 9.47 Å². The van der Waals surface area contributed by atoms with E-state index in [0.717, 1.165) is 53.4 Å². The van der Waals surface area contributed by atoms with Crippen LogP contribution in [0.1, 0.15) is 13.3 Å². The molecule has 0 spiro atoms. The van der Waals surface area contributed by atoms with Crippen molar-refractivity contribution in [3.63, 3.8) is 0 Å². The van der Waals surface area contributed by atoms with Gasteiger partial charge in [0.15, 0.2) is 0 Å². The van der Waals surface area contributed by atoms with E-state index in [1.54, 1.807) is 13.4 Å². The molecule has 3 aromatic rings. The minimum atomic E-state index is -0.0434. The van der Waals surface area contributed by atoms with Gasteiger partial charge in [0.25, 0.3) is 0 Å². The summed E-state index contributed by atoms with van der Waals surface area (Å²) in [6.45, 7) is 4.40. The lowest BCUT2D eigenvalue weighted by atomic mass is 10.1. The summed E-state index contributed by atoms with van der Waals surface area (Å²) in [5, 5.41) is 17.9. The highest BCUT2D eigenvalue weighted by atomic mass is 16.5. The summed E-state index contributed by atoms with van der Waals surface area (Å²) in [4.78, 5) is 11.0. The number of H-pyrrole nitrogens is 1. The summed E-state index contributed by atoms with van der Waals surface area (Å²) in [5.41, 5.74) is 2.44. The number of aromatic amines is 1. The molecule has 4 rings (SSSR count). The van der Waals surface area contributed by atoms with Gasteiger partial charge < -0.3 is 19.5 Å². The number of rotatable bonds is 7. The third kappa shape index (κ3) is 3.79. The number of benzene rings is 1. The third-order valence-corrected chi connectivity index (χ3v) is 5.04. The van der Waals surface area contributed by atoms with Gasteiger partial charge in [0.2, 0.25) is 0 Å². The predicted octanol–water partition coefficient (Wildman–Crippen LogP) is 2.25. The van der Waals surface area contributed by atoms with Gasteiger partial charge in [-0.2, -0.15) is 5.10 Å². The van der Waals surface area contributed by atoms with Crippen LogP contribution < -0.4 is 9.64 Å². The molecule has 28 heavy (non-hydrogen) atoms. The second kappa shape index (κ2) is 8.12. The Balaban J connectivity index is 1.63. The van der Waals surface area contributed by atoms with Gasteiger partial charge in [0, 0.05) is 44.2 Å². The van der Waals surface area contributed by atoms with Crippen LogP contribution in [-0.4, -0.2) is 64.8 Å². The Hall–Kier alpha value is -2.71. The summed E-state index contributed by atoms with van der Waals surface area (Å²) >= 11 is 0. The highest BCUT2D eigenvalue weighted by Gasteiger charge is 2.23. The van der Waals surface area contributed by atoms with Gasteiger partial charge in [-0.15, -0.1) is 0 Å². The molecule has 0 radical (unpaired) electrons. The summed E-state index contributed by atoms with van der Waals surface area (Å²) < 4.78 is 11.1. The topological polar surface area (TPSA) is 96.4 Å². The molecule has 0 amide bonds. The number of anilines is 1. The SMILES string of the molecule is COC[C@H](C)Oc1ccc2[nH]nc(-c3cc(N4CC[C@@H](CO)C4)ncn3)c2c1. The number of nitrogens with zero attached hydrogens (tertiary/aromatic N) is 4. The minimum Gasteiger partial charge on any atom is -0.488 e. The lowest BCUT2D eigenvalue weighted by molar-refractivity contribution is 0.0922. The number of fused-ring (bicyclic) bond motifs is 1. The van der Waals surface area contributed by atoms with Crippen molar-refractivity contribution in [2.24, 2.45) is 5.92 Å². The van der Waals surface area contributed by atoms with E-state index >= 15 is 0 Å². The van der Waals surface area contributed by atoms with Crippen LogP contribution in [0, 0.1) is 5.92 Å². The molecule has 1 fully saturated rings. The normalized spacial score (nSPS) is 18.0. The first-order chi connectivity index (χ1) is 13.7. The summed E-state index contributed by atoms with van der Waals surface area (Å²) in [6.07, 6.45) is 2.50. The van der Waals surface area contributed by atoms with E-state index in [1.807, 2.05) is 31.2 Å². The van der Waals surface area contributed by atoms with Crippen molar-refractivity contribution < 1.29 is 14.6 Å². The van der Waals surface area contributed by atoms with Crippen LogP contribution in [-0.2, 0) is 4.74 Å². The molecule has 8 nitrogen and oxygen atoms in total. The molecule has 3 heterocycles. The molecule has 148 valence electrons. The van der Waals surface area contributed by atoms with Gasteiger partial charge in [-0.25, -0.2) is 9.97 Å². The van der Waals surface area contributed by atoms with Crippen LogP contribution in [0.4, 0.5) is 5.82 Å². The largest absolute Gasteiger partial charge is 0.488 e. The minimum absolute atomic E-state index is 0.0434. The predicted molar refractivity (Wildman–Crippen MR) is 106 cm³/mol. The van der Waals surface area contributed by atoms with E-state index in [2.05, 4.69) is 25.1 Å². The summed E-state index contributed by atoms with van der Waals surface area (Å²) in [7, 11) is 1.66. The van der Waals surface area contributed by atoms with Crippen molar-refractivity contribution in [3.8, 4) is 17.1 Å². The van der Waals surface area contributed by atoms with Crippen LogP contribution in [0.5, 0.6) is 5.75 Å². The van der Waals surface area contributed by atoms with Crippen molar-refractivity contribution in [3.05, 3.63) is 30.6 Å². The van der Waals surface area contributed by atoms with Gasteiger partial charge >= 0.3 is 0 Å². The Bertz CT molecular complexity index is 944. The standard InChI is InChI=1S/C20H25N5O3/c1-13(11-27-2)28-15-3-4-17-16(7-15)20(24-23-17)18-8-19(22-12-21-18)25-6-5-14(9-25)10-26/h3-4,7-8,12-14,26H,5-6,9-11H2,1-2H3,(H,23,24)/t13-,14+/m0/s1. The Kier molecular flexibility index (Phi) is 5.40. The average molecular weight is 383 g/mol. The maximum Gasteiger partial charge on any atom is 0.132 e. The Labute approximate surface area is 163 Å². The first-order valence-electron chi connectivity index (χ1n) is 9.50. The Morgan fingerprint density at radius 1 is 1.32 bits per heavy atom. The molecule has 0 saturated carbocycles. The lowest BCUT2D eigenvalue weighted by Crippen LogP contribution is -2.21. The van der Waals surface area contributed by atoms with Crippen molar-refractivity contribution in [1.82, 2.24) is 20.2 Å². The van der Waals surface area contributed by atoms with Gasteiger partial charge in [-0.1, -0.05) is 0 Å². The number of methoxy groups -OCH3 is 1. The maximum atomic E-state index is 9.38. The highest BCUT2D eigenvalue weighted by molar-refractivity contribution is 5.93. The fraction of sp³-hybridized carbons (Fsp3) is 0.450. The van der Waals surface area contributed by atoms with Crippen LogP contribution in [0.15, 0.2) is 30.6 Å². The van der Waals surface area contributed by atoms with E-state index in [9.17, 15) is 5.11 Å². The fourth-order valence-corrected chi connectivity index (χ4v) is 3.60. The number of aromatic nitrogens is 4. The molecular weight excluding hydrogens is 358 g/mol. The van der Waals surface area contributed by atoms with Gasteiger partial charge in [-0.3, -0.25) is 5.10 Å². The average Bonchev–Trinajstić information content (AvgIpc) is 3.35. The third-order valence-electron chi connectivity index (χ3n) is 5.04. The molecule has 1 saturated heterocycles. The summed E-state index contributed by atoms with van der Waals surface area (Å²) in [6, 6.07) is 7.80. The Morgan fingerprint density at radius 3 is 3.00 bits per heavy atom. The van der Waals surface area contributed by atoms with E-state index < -0.39 is 0 Å². The molecule has 0 aliphatic carbocycles. The number of aliphatic hydroxyl groups excluding tert-OH is 1. The molecule has 1 aliphatic rings. The van der Waals surface area contributed by atoms with Gasteiger partial charge in [0.1, 0.15) is 29.7 Å². The molecule has 2 N–H and O–H groups in total. The maximum absolute atomic E-state index is 9.38. The van der Waals surface area contributed by atoms with Crippen molar-refractivity contribution in [2.75, 3.05) is 38.3 Å². The van der Waals surface area contributed by atoms with Crippen molar-refractivity contribution >= 4 is 16.7 Å². The van der Waals surface area contributed by atoms with Crippen LogP contribution >= 0.6 is 0 Å². The first-order valence-corrected chi connectivity index (χ1v) is 9.50. The van der Waals surface area contributed by atoms with Crippen molar-refractivity contribution in [2.45, 2.75) is 19.4 Å². The van der Waals surface area contributed by atoms with E-state index in [-0.39, 0.29) is 12.7 Å². The molecule has 8 heteroatoms. The van der Waals surface area contributed by atoms with Crippen molar-refractivity contribution in [1.29, 1.82) is 0 Å². The zero-order valence-electron chi connectivity index (χ0n) is 16.1. The second-order valence-corrected chi connectivity index (χ2v) is 7.21. The molecule has 1 aliphatic heterocycles. The smallest absolute Gasteiger partial charge is 0.132 e. The molecule has 2 atom stereocenters. The zero-order valence-corrected chi connectivity index (χ0v) is 16.1. The number of nitrogens with one attached hydrogen (secondary N) is 1. The number of hydrogen-bond acceptors (Lipinski definition) is 7. The molecule has 1 aromatic carbocycles. The van der Waals surface area contributed by atoms with E-state index in [1.165, 1.54) is 0 Å². The highest BCUT2D eigenvalue weighted by Crippen LogP contribution is 2.30. The lowest BCUT2D eigenvalue weighted by Gasteiger charge is -2.17. The quantitative estimate of drug-likeness (QED) is 0.646. The monoisotopic (exact) mass is 383 g/mol. The molecule has 2 aromatic heterocycles. The molecule has 0 bridgehead atoms. The van der Waals surface area contributed by atoms with Crippen LogP contribution in [0.3, 0.4) is 0 Å². The zero-order chi connectivity index (χ0) is 19.5. The van der Waals surface area contributed by atoms with Gasteiger partial charge in [0.05, 0.1) is 17.8 Å². The fourth-order valence-electron chi connectivity index (χ4n) is 3.60.